The van der Waals surface area contributed by atoms with Gasteiger partial charge in [-0.2, -0.15) is 0 Å². The minimum Gasteiger partial charge on any atom is -0.458 e. The van der Waals surface area contributed by atoms with Gasteiger partial charge in [-0.1, -0.05) is 40.2 Å². The zero-order valence-corrected chi connectivity index (χ0v) is 13.0. The van der Waals surface area contributed by atoms with Gasteiger partial charge in [-0.3, -0.25) is 0 Å². The first-order valence-corrected chi connectivity index (χ1v) is 8.05. The number of benzene rings is 2. The summed E-state index contributed by atoms with van der Waals surface area (Å²) in [6, 6.07) is 17.7. The monoisotopic (exact) mass is 348 g/mol. The van der Waals surface area contributed by atoms with Crippen molar-refractivity contribution in [1.82, 2.24) is 0 Å². The second-order valence-electron chi connectivity index (χ2n) is 4.47. The van der Waals surface area contributed by atoms with Crippen molar-refractivity contribution in [3.63, 3.8) is 0 Å². The molecular weight excluding hydrogens is 336 g/mol. The lowest BCUT2D eigenvalue weighted by molar-refractivity contribution is 0.177. The maximum Gasteiger partial charge on any atom is 0.134 e. The molecule has 0 fully saturated rings. The highest BCUT2D eigenvalue weighted by Crippen LogP contribution is 2.29. The van der Waals surface area contributed by atoms with E-state index in [0.29, 0.717) is 11.5 Å². The molecule has 0 aliphatic heterocycles. The van der Waals surface area contributed by atoms with Crippen molar-refractivity contribution in [2.24, 2.45) is 0 Å². The molecule has 0 bridgehead atoms. The normalized spacial score (nSPS) is 12.7. The summed E-state index contributed by atoms with van der Waals surface area (Å²) in [5, 5.41) is 11.2. The molecular formula is C16H13BrO2S. The second-order valence-corrected chi connectivity index (χ2v) is 6.48. The molecule has 0 radical (unpaired) electrons. The van der Waals surface area contributed by atoms with Gasteiger partial charge in [-0.25, -0.2) is 0 Å². The molecule has 4 heteroatoms. The van der Waals surface area contributed by atoms with E-state index in [2.05, 4.69) is 15.9 Å². The standard InChI is InChI=1S/C16H13BrO2S/c17-12-5-3-6-13(9-12)20-10-14(18)16-8-11-4-1-2-7-15(11)19-16/h1-9,14,18H,10H2. The van der Waals surface area contributed by atoms with Gasteiger partial charge in [-0.15, -0.1) is 11.8 Å². The summed E-state index contributed by atoms with van der Waals surface area (Å²) >= 11 is 5.05. The molecule has 3 rings (SSSR count). The molecule has 2 nitrogen and oxygen atoms in total. The van der Waals surface area contributed by atoms with Crippen LogP contribution in [0.15, 0.2) is 68.4 Å². The molecule has 0 spiro atoms. The predicted octanol–water partition coefficient (Wildman–Crippen LogP) is 5.02. The molecule has 0 aliphatic rings. The van der Waals surface area contributed by atoms with Gasteiger partial charge in [0.2, 0.25) is 0 Å². The number of furan rings is 1. The van der Waals surface area contributed by atoms with E-state index in [0.717, 1.165) is 20.3 Å². The van der Waals surface area contributed by atoms with Gasteiger partial charge >= 0.3 is 0 Å². The molecule has 1 N–H and O–H groups in total. The highest BCUT2D eigenvalue weighted by atomic mass is 79.9. The van der Waals surface area contributed by atoms with E-state index >= 15 is 0 Å². The van der Waals surface area contributed by atoms with Crippen molar-refractivity contribution in [3.05, 3.63) is 64.8 Å². The van der Waals surface area contributed by atoms with Gasteiger partial charge in [0.15, 0.2) is 0 Å². The van der Waals surface area contributed by atoms with Crippen LogP contribution in [0.1, 0.15) is 11.9 Å². The summed E-state index contributed by atoms with van der Waals surface area (Å²) in [5.74, 6) is 1.18. The largest absolute Gasteiger partial charge is 0.458 e. The molecule has 0 amide bonds. The Hall–Kier alpha value is -1.23. The Kier molecular flexibility index (Phi) is 4.15. The molecule has 1 heterocycles. The fraction of sp³-hybridized carbons (Fsp3) is 0.125. The Labute approximate surface area is 129 Å². The smallest absolute Gasteiger partial charge is 0.134 e. The first-order valence-electron chi connectivity index (χ1n) is 6.27. The van der Waals surface area contributed by atoms with E-state index in [1.165, 1.54) is 0 Å². The lowest BCUT2D eigenvalue weighted by Gasteiger charge is -2.07. The van der Waals surface area contributed by atoms with E-state index in [9.17, 15) is 5.11 Å². The molecule has 2 aromatic carbocycles. The minimum atomic E-state index is -0.605. The topological polar surface area (TPSA) is 33.4 Å². The summed E-state index contributed by atoms with van der Waals surface area (Å²) < 4.78 is 6.71. The van der Waals surface area contributed by atoms with Crippen molar-refractivity contribution in [1.29, 1.82) is 0 Å². The van der Waals surface area contributed by atoms with E-state index in [1.54, 1.807) is 11.8 Å². The predicted molar refractivity (Wildman–Crippen MR) is 86.0 cm³/mol. The molecule has 0 saturated heterocycles. The van der Waals surface area contributed by atoms with Crippen LogP contribution in [0.3, 0.4) is 0 Å². The van der Waals surface area contributed by atoms with Crippen LogP contribution in [0, 0.1) is 0 Å². The Morgan fingerprint density at radius 3 is 2.75 bits per heavy atom. The van der Waals surface area contributed by atoms with Crippen molar-refractivity contribution in [2.45, 2.75) is 11.0 Å². The van der Waals surface area contributed by atoms with E-state index in [4.69, 9.17) is 4.42 Å². The number of aliphatic hydroxyl groups is 1. The molecule has 1 atom stereocenters. The molecule has 1 unspecified atom stereocenters. The number of hydrogen-bond donors (Lipinski definition) is 1. The number of thioether (sulfide) groups is 1. The highest BCUT2D eigenvalue weighted by Gasteiger charge is 2.13. The summed E-state index contributed by atoms with van der Waals surface area (Å²) in [6.45, 7) is 0. The van der Waals surface area contributed by atoms with Crippen LogP contribution in [0.5, 0.6) is 0 Å². The molecule has 3 aromatic rings. The van der Waals surface area contributed by atoms with Crippen LogP contribution in [0.4, 0.5) is 0 Å². The van der Waals surface area contributed by atoms with Gasteiger partial charge < -0.3 is 9.52 Å². The number of para-hydroxylation sites is 1. The SMILES string of the molecule is OC(CSc1cccc(Br)c1)c1cc2ccccc2o1. The van der Waals surface area contributed by atoms with Crippen LogP contribution in [0.25, 0.3) is 11.0 Å². The fourth-order valence-electron chi connectivity index (χ4n) is 1.98. The van der Waals surface area contributed by atoms with Crippen LogP contribution >= 0.6 is 27.7 Å². The average molecular weight is 349 g/mol. The van der Waals surface area contributed by atoms with Crippen LogP contribution in [-0.4, -0.2) is 10.9 Å². The van der Waals surface area contributed by atoms with Crippen LogP contribution < -0.4 is 0 Å². The fourth-order valence-corrected chi connectivity index (χ4v) is 3.43. The molecule has 0 aliphatic carbocycles. The van der Waals surface area contributed by atoms with Gasteiger partial charge in [0.25, 0.3) is 0 Å². The summed E-state index contributed by atoms with van der Waals surface area (Å²) in [6.07, 6.45) is -0.605. The maximum absolute atomic E-state index is 10.2. The Balaban J connectivity index is 1.71. The van der Waals surface area contributed by atoms with E-state index < -0.39 is 6.10 Å². The number of fused-ring (bicyclic) bond motifs is 1. The number of rotatable bonds is 4. The van der Waals surface area contributed by atoms with Gasteiger partial charge in [0.05, 0.1) is 0 Å². The van der Waals surface area contributed by atoms with Crippen LogP contribution in [0.2, 0.25) is 0 Å². The third-order valence-electron chi connectivity index (χ3n) is 2.98. The van der Waals surface area contributed by atoms with Crippen molar-refractivity contribution < 1.29 is 9.52 Å². The van der Waals surface area contributed by atoms with E-state index in [-0.39, 0.29) is 0 Å². The maximum atomic E-state index is 10.2. The van der Waals surface area contributed by atoms with Gasteiger partial charge in [0, 0.05) is 20.5 Å². The first-order chi connectivity index (χ1) is 9.72. The van der Waals surface area contributed by atoms with Gasteiger partial charge in [0.1, 0.15) is 17.4 Å². The first kappa shape index (κ1) is 13.7. The zero-order valence-electron chi connectivity index (χ0n) is 10.6. The quantitative estimate of drug-likeness (QED) is 0.672. The average Bonchev–Trinajstić information content (AvgIpc) is 2.89. The minimum absolute atomic E-state index is 0.566. The van der Waals surface area contributed by atoms with Crippen LogP contribution in [-0.2, 0) is 0 Å². The molecule has 0 saturated carbocycles. The highest BCUT2D eigenvalue weighted by molar-refractivity contribution is 9.10. The third kappa shape index (κ3) is 3.08. The Bertz CT molecular complexity index is 690. The third-order valence-corrected chi connectivity index (χ3v) is 4.54. The van der Waals surface area contributed by atoms with Gasteiger partial charge in [-0.05, 0) is 30.3 Å². The number of hydrogen-bond acceptors (Lipinski definition) is 3. The Morgan fingerprint density at radius 2 is 1.95 bits per heavy atom. The van der Waals surface area contributed by atoms with Crippen molar-refractivity contribution >= 4 is 38.7 Å². The lowest BCUT2D eigenvalue weighted by Crippen LogP contribution is -1.98. The lowest BCUT2D eigenvalue weighted by atomic mass is 10.2. The van der Waals surface area contributed by atoms with Crippen molar-refractivity contribution in [3.8, 4) is 0 Å². The molecule has 1 aromatic heterocycles. The summed E-state index contributed by atoms with van der Waals surface area (Å²) in [7, 11) is 0. The number of halogens is 1. The molecule has 102 valence electrons. The summed E-state index contributed by atoms with van der Waals surface area (Å²) in [5.41, 5.74) is 0.814. The summed E-state index contributed by atoms with van der Waals surface area (Å²) in [4.78, 5) is 1.12. The zero-order chi connectivity index (χ0) is 13.9. The second kappa shape index (κ2) is 6.04. The number of aliphatic hydroxyl groups excluding tert-OH is 1. The van der Waals surface area contributed by atoms with Crippen molar-refractivity contribution in [2.75, 3.05) is 5.75 Å². The Morgan fingerprint density at radius 1 is 1.10 bits per heavy atom. The molecule has 20 heavy (non-hydrogen) atoms. The van der Waals surface area contributed by atoms with E-state index in [1.807, 2.05) is 54.6 Å².